The molecular weight excluding hydrogens is 625 g/mol. The summed E-state index contributed by atoms with van der Waals surface area (Å²) < 4.78 is 0. The topological polar surface area (TPSA) is 71.2 Å². The molecule has 0 radical (unpaired) electrons. The summed E-state index contributed by atoms with van der Waals surface area (Å²) in [4.78, 5) is 34.2. The number of carbonyl (C=O) groups excluding carboxylic acids is 2. The zero-order valence-electron chi connectivity index (χ0n) is 26.4. The Kier molecular flexibility index (Phi) is 10.00. The molecule has 4 aromatic carbocycles. The number of piperidine rings is 1. The molecule has 8 rings (SSSR count). The van der Waals surface area contributed by atoms with E-state index in [2.05, 4.69) is 69.2 Å². The van der Waals surface area contributed by atoms with Gasteiger partial charge in [0.1, 0.15) is 0 Å². The van der Waals surface area contributed by atoms with Crippen LogP contribution in [0.1, 0.15) is 32.1 Å². The molecule has 4 aliphatic rings. The van der Waals surface area contributed by atoms with Gasteiger partial charge >= 0.3 is 0 Å². The molecule has 0 unspecified atom stereocenters. The molecule has 0 aromatic heterocycles. The summed E-state index contributed by atoms with van der Waals surface area (Å²) in [5.41, 5.74) is 10.4. The zero-order chi connectivity index (χ0) is 32.0. The third-order valence-corrected chi connectivity index (χ3v) is 11.0. The van der Waals surface area contributed by atoms with Crippen LogP contribution in [0.15, 0.2) is 117 Å². The van der Waals surface area contributed by atoms with Gasteiger partial charge in [0, 0.05) is 19.6 Å². The number of hydrogen-bond donors (Lipinski definition) is 2. The van der Waals surface area contributed by atoms with E-state index in [0.717, 1.165) is 68.5 Å². The monoisotopic (exact) mass is 664 g/mol. The fraction of sp³-hybridized carbons (Fsp3) is 0.297. The minimum atomic E-state index is 0.0448. The Morgan fingerprint density at radius 1 is 0.468 bits per heavy atom. The highest BCUT2D eigenvalue weighted by atomic mass is 32.2. The lowest BCUT2D eigenvalue weighted by molar-refractivity contribution is -0.123. The van der Waals surface area contributed by atoms with Crippen LogP contribution in [0, 0.1) is 0 Å². The fourth-order valence-electron chi connectivity index (χ4n) is 6.43. The highest BCUT2D eigenvalue weighted by Crippen LogP contribution is 2.48. The van der Waals surface area contributed by atoms with Crippen LogP contribution in [-0.4, -0.2) is 60.9 Å². The molecule has 0 spiro atoms. The first-order valence-electron chi connectivity index (χ1n) is 16.5. The molecular formula is C37H40N6O2S2. The van der Waals surface area contributed by atoms with Crippen LogP contribution in [-0.2, 0) is 9.59 Å². The van der Waals surface area contributed by atoms with Gasteiger partial charge in [0.25, 0.3) is 11.8 Å². The maximum absolute atomic E-state index is 12.6. The van der Waals surface area contributed by atoms with Crippen LogP contribution in [0.3, 0.4) is 0 Å². The Balaban J connectivity index is 0.000000150. The number of benzene rings is 4. The van der Waals surface area contributed by atoms with Crippen molar-refractivity contribution in [3.8, 4) is 0 Å². The molecule has 4 aromatic rings. The molecule has 242 valence electrons. The summed E-state index contributed by atoms with van der Waals surface area (Å²) in [6.45, 7) is 5.03. The van der Waals surface area contributed by atoms with E-state index in [1.165, 1.54) is 32.1 Å². The smallest absolute Gasteiger partial charge is 0.252 e. The lowest BCUT2D eigenvalue weighted by Gasteiger charge is -2.33. The molecule has 8 nitrogen and oxygen atoms in total. The van der Waals surface area contributed by atoms with E-state index in [4.69, 9.17) is 0 Å². The van der Waals surface area contributed by atoms with Gasteiger partial charge < -0.3 is 0 Å². The van der Waals surface area contributed by atoms with Crippen LogP contribution < -0.4 is 20.9 Å². The second-order valence-corrected chi connectivity index (χ2v) is 14.3. The van der Waals surface area contributed by atoms with E-state index in [1.54, 1.807) is 23.5 Å². The average Bonchev–Trinajstić information content (AvgIpc) is 3.62. The van der Waals surface area contributed by atoms with E-state index in [9.17, 15) is 9.59 Å². The molecule has 47 heavy (non-hydrogen) atoms. The van der Waals surface area contributed by atoms with Gasteiger partial charge in [-0.25, -0.2) is 0 Å². The van der Waals surface area contributed by atoms with E-state index in [1.807, 2.05) is 58.5 Å². The first-order valence-corrected chi connectivity index (χ1v) is 18.1. The van der Waals surface area contributed by atoms with Crippen molar-refractivity contribution in [1.82, 2.24) is 20.7 Å². The fourth-order valence-corrected chi connectivity index (χ4v) is 8.55. The number of hydrazine groups is 2. The molecule has 2 N–H and O–H groups in total. The standard InChI is InChI=1S/C19H21N3OS.C18H19N3OS/c23-19(14-21-12-6-1-7-13-21)20-22-15-8-2-4-10-17(15)24-18-11-5-3-9-16(18)22;22-18(13-20-11-5-6-12-20)19-21-14-7-1-3-9-16(14)23-17-10-4-2-8-15(17)21/h2-5,8-11H,1,6-7,12-14H2,(H,20,23);1-4,7-10H,5-6,11-13H2,(H,19,22). The zero-order valence-corrected chi connectivity index (χ0v) is 28.1. The Hall–Kier alpha value is -3.96. The minimum absolute atomic E-state index is 0.0448. The van der Waals surface area contributed by atoms with Crippen molar-refractivity contribution in [3.05, 3.63) is 97.1 Å². The summed E-state index contributed by atoms with van der Waals surface area (Å²) in [5, 5.41) is 3.87. The second-order valence-electron chi connectivity index (χ2n) is 12.1. The number of carbonyl (C=O) groups is 2. The third-order valence-electron chi connectivity index (χ3n) is 8.72. The van der Waals surface area contributed by atoms with Crippen molar-refractivity contribution in [2.45, 2.75) is 51.7 Å². The first-order chi connectivity index (χ1) is 23.1. The number of fused-ring (bicyclic) bond motifs is 4. The second kappa shape index (κ2) is 14.9. The third kappa shape index (κ3) is 7.46. The van der Waals surface area contributed by atoms with Gasteiger partial charge in [-0.3, -0.25) is 40.3 Å². The van der Waals surface area contributed by atoms with E-state index >= 15 is 0 Å². The van der Waals surface area contributed by atoms with E-state index in [-0.39, 0.29) is 11.8 Å². The van der Waals surface area contributed by atoms with Gasteiger partial charge in [0.2, 0.25) is 0 Å². The molecule has 0 atom stereocenters. The van der Waals surface area contributed by atoms with Gasteiger partial charge in [-0.2, -0.15) is 0 Å². The van der Waals surface area contributed by atoms with Crippen LogP contribution in [0.2, 0.25) is 0 Å². The molecule has 10 heteroatoms. The van der Waals surface area contributed by atoms with Gasteiger partial charge in [0.05, 0.1) is 35.8 Å². The molecule has 2 saturated heterocycles. The van der Waals surface area contributed by atoms with Gasteiger partial charge in [-0.15, -0.1) is 0 Å². The lowest BCUT2D eigenvalue weighted by Crippen LogP contribution is -2.46. The minimum Gasteiger partial charge on any atom is -0.294 e. The van der Waals surface area contributed by atoms with Crippen molar-refractivity contribution in [2.75, 3.05) is 49.3 Å². The van der Waals surface area contributed by atoms with E-state index < -0.39 is 0 Å². The highest BCUT2D eigenvalue weighted by molar-refractivity contribution is 8.00. The number of hydrogen-bond acceptors (Lipinski definition) is 8. The SMILES string of the molecule is O=C(CN1CCCC1)NN1c2ccccc2Sc2ccccc21.O=C(CN1CCCCC1)NN1c2ccccc2Sc2ccccc21. The molecule has 4 heterocycles. The Morgan fingerprint density at radius 2 is 0.766 bits per heavy atom. The van der Waals surface area contributed by atoms with Crippen LogP contribution in [0.25, 0.3) is 0 Å². The molecule has 2 amide bonds. The number of rotatable bonds is 6. The van der Waals surface area contributed by atoms with Gasteiger partial charge in [-0.05, 0) is 100 Å². The van der Waals surface area contributed by atoms with Crippen molar-refractivity contribution in [2.24, 2.45) is 0 Å². The Labute approximate surface area is 285 Å². The number of anilines is 4. The maximum atomic E-state index is 12.6. The van der Waals surface area contributed by atoms with Crippen molar-refractivity contribution in [1.29, 1.82) is 0 Å². The molecule has 0 saturated carbocycles. The largest absolute Gasteiger partial charge is 0.294 e. The number of para-hydroxylation sites is 4. The molecule has 2 fully saturated rings. The van der Waals surface area contributed by atoms with Crippen LogP contribution in [0.4, 0.5) is 22.7 Å². The predicted octanol–water partition coefficient (Wildman–Crippen LogP) is 7.22. The number of nitrogens with zero attached hydrogens (tertiary/aromatic N) is 4. The average molecular weight is 665 g/mol. The summed E-state index contributed by atoms with van der Waals surface area (Å²) >= 11 is 3.49. The predicted molar refractivity (Wildman–Crippen MR) is 191 cm³/mol. The van der Waals surface area contributed by atoms with Crippen molar-refractivity contribution < 1.29 is 9.59 Å². The summed E-state index contributed by atoms with van der Waals surface area (Å²) in [6, 6.07) is 32.8. The number of likely N-dealkylation sites (tertiary alicyclic amines) is 2. The van der Waals surface area contributed by atoms with Gasteiger partial charge in [0.15, 0.2) is 0 Å². The quantitative estimate of drug-likeness (QED) is 0.224. The highest BCUT2D eigenvalue weighted by Gasteiger charge is 2.27. The van der Waals surface area contributed by atoms with Crippen LogP contribution in [0.5, 0.6) is 0 Å². The summed E-state index contributed by atoms with van der Waals surface area (Å²) in [6.07, 6.45) is 6.05. The van der Waals surface area contributed by atoms with E-state index in [0.29, 0.717) is 13.1 Å². The number of amides is 2. The van der Waals surface area contributed by atoms with Gasteiger partial charge in [-0.1, -0.05) is 78.5 Å². The van der Waals surface area contributed by atoms with Crippen molar-refractivity contribution >= 4 is 58.1 Å². The molecule has 4 aliphatic heterocycles. The Morgan fingerprint density at radius 3 is 1.11 bits per heavy atom. The first kappa shape index (κ1) is 31.6. The van der Waals surface area contributed by atoms with Crippen LogP contribution >= 0.6 is 23.5 Å². The number of nitrogens with one attached hydrogen (secondary N) is 2. The lowest BCUT2D eigenvalue weighted by atomic mass is 10.1. The maximum Gasteiger partial charge on any atom is 0.252 e. The Bertz CT molecular complexity index is 1630. The molecule has 0 aliphatic carbocycles. The normalized spacial score (nSPS) is 16.9. The summed E-state index contributed by atoms with van der Waals surface area (Å²) in [7, 11) is 0. The van der Waals surface area contributed by atoms with Crippen molar-refractivity contribution in [3.63, 3.8) is 0 Å². The molecule has 0 bridgehead atoms. The summed E-state index contributed by atoms with van der Waals surface area (Å²) in [5.74, 6) is 0.0943.